The van der Waals surface area contributed by atoms with Gasteiger partial charge in [-0.1, -0.05) is 0 Å². The SMILES string of the molecule is COc1ccc2nc(NCc3cnn(C)c3)ccc2c1. The third-order valence-corrected chi connectivity index (χ3v) is 3.13. The van der Waals surface area contributed by atoms with E-state index >= 15 is 0 Å². The zero-order valence-electron chi connectivity index (χ0n) is 11.5. The molecule has 0 aliphatic heterocycles. The molecule has 102 valence electrons. The van der Waals surface area contributed by atoms with Gasteiger partial charge in [-0.15, -0.1) is 0 Å². The van der Waals surface area contributed by atoms with Crippen molar-refractivity contribution in [3.8, 4) is 5.75 Å². The Morgan fingerprint density at radius 2 is 2.15 bits per heavy atom. The Morgan fingerprint density at radius 1 is 1.25 bits per heavy atom. The van der Waals surface area contributed by atoms with E-state index in [4.69, 9.17) is 4.74 Å². The molecular weight excluding hydrogens is 252 g/mol. The lowest BCUT2D eigenvalue weighted by molar-refractivity contribution is 0.415. The zero-order valence-corrected chi connectivity index (χ0v) is 11.5. The van der Waals surface area contributed by atoms with E-state index in [1.165, 1.54) is 0 Å². The van der Waals surface area contributed by atoms with Crippen LogP contribution in [0.1, 0.15) is 5.56 Å². The molecule has 3 rings (SSSR count). The number of hydrogen-bond donors (Lipinski definition) is 1. The largest absolute Gasteiger partial charge is 0.497 e. The van der Waals surface area contributed by atoms with Crippen LogP contribution in [-0.4, -0.2) is 21.9 Å². The fourth-order valence-corrected chi connectivity index (χ4v) is 2.08. The summed E-state index contributed by atoms with van der Waals surface area (Å²) in [4.78, 5) is 4.58. The maximum absolute atomic E-state index is 5.21. The fraction of sp³-hybridized carbons (Fsp3) is 0.200. The van der Waals surface area contributed by atoms with Crippen LogP contribution in [0.5, 0.6) is 5.75 Å². The van der Waals surface area contributed by atoms with Gasteiger partial charge in [0.1, 0.15) is 11.6 Å². The summed E-state index contributed by atoms with van der Waals surface area (Å²) < 4.78 is 7.00. The van der Waals surface area contributed by atoms with E-state index in [0.29, 0.717) is 6.54 Å². The summed E-state index contributed by atoms with van der Waals surface area (Å²) in [6.07, 6.45) is 3.83. The van der Waals surface area contributed by atoms with Gasteiger partial charge in [-0.05, 0) is 30.3 Å². The van der Waals surface area contributed by atoms with Crippen molar-refractivity contribution >= 4 is 16.7 Å². The van der Waals surface area contributed by atoms with Crippen LogP contribution in [0.4, 0.5) is 5.82 Å². The highest BCUT2D eigenvalue weighted by atomic mass is 16.5. The minimum Gasteiger partial charge on any atom is -0.497 e. The van der Waals surface area contributed by atoms with Crippen molar-refractivity contribution in [3.05, 3.63) is 48.3 Å². The van der Waals surface area contributed by atoms with Gasteiger partial charge in [0, 0.05) is 30.7 Å². The van der Waals surface area contributed by atoms with Crippen LogP contribution in [0.25, 0.3) is 10.9 Å². The Morgan fingerprint density at radius 3 is 2.90 bits per heavy atom. The van der Waals surface area contributed by atoms with E-state index in [-0.39, 0.29) is 0 Å². The van der Waals surface area contributed by atoms with E-state index in [0.717, 1.165) is 28.0 Å². The van der Waals surface area contributed by atoms with E-state index in [2.05, 4.69) is 15.4 Å². The molecule has 0 saturated heterocycles. The smallest absolute Gasteiger partial charge is 0.126 e. The Bertz CT molecular complexity index is 736. The highest BCUT2D eigenvalue weighted by molar-refractivity contribution is 5.81. The summed E-state index contributed by atoms with van der Waals surface area (Å²) in [7, 11) is 3.57. The van der Waals surface area contributed by atoms with Crippen molar-refractivity contribution in [2.24, 2.45) is 7.05 Å². The summed E-state index contributed by atoms with van der Waals surface area (Å²) >= 11 is 0. The number of aryl methyl sites for hydroxylation is 1. The summed E-state index contributed by atoms with van der Waals surface area (Å²) in [6.45, 7) is 0.711. The number of aromatic nitrogens is 3. The zero-order chi connectivity index (χ0) is 13.9. The Labute approximate surface area is 117 Å². The molecule has 0 fully saturated rings. The van der Waals surface area contributed by atoms with Gasteiger partial charge in [0.25, 0.3) is 0 Å². The van der Waals surface area contributed by atoms with Crippen molar-refractivity contribution in [3.63, 3.8) is 0 Å². The molecule has 0 aliphatic rings. The molecule has 0 atom stereocenters. The number of benzene rings is 1. The summed E-state index contributed by atoms with van der Waals surface area (Å²) in [5.41, 5.74) is 2.08. The summed E-state index contributed by atoms with van der Waals surface area (Å²) in [5.74, 6) is 1.70. The summed E-state index contributed by atoms with van der Waals surface area (Å²) in [6, 6.07) is 9.87. The first-order chi connectivity index (χ1) is 9.74. The second-order valence-electron chi connectivity index (χ2n) is 4.63. The van der Waals surface area contributed by atoms with E-state index in [9.17, 15) is 0 Å². The first kappa shape index (κ1) is 12.5. The standard InChI is InChI=1S/C15H16N4O/c1-19-10-11(9-17-19)8-16-15-6-3-12-7-13(20-2)4-5-14(12)18-15/h3-7,9-10H,8H2,1-2H3,(H,16,18). The van der Waals surface area contributed by atoms with Crippen LogP contribution in [0.3, 0.4) is 0 Å². The van der Waals surface area contributed by atoms with Crippen molar-refractivity contribution in [2.45, 2.75) is 6.54 Å². The third-order valence-electron chi connectivity index (χ3n) is 3.13. The van der Waals surface area contributed by atoms with E-state index in [1.807, 2.05) is 49.8 Å². The van der Waals surface area contributed by atoms with Gasteiger partial charge < -0.3 is 10.1 Å². The molecule has 20 heavy (non-hydrogen) atoms. The van der Waals surface area contributed by atoms with Gasteiger partial charge in [-0.2, -0.15) is 5.10 Å². The highest BCUT2D eigenvalue weighted by Crippen LogP contribution is 2.21. The number of ether oxygens (including phenoxy) is 1. The number of pyridine rings is 1. The number of nitrogens with zero attached hydrogens (tertiary/aromatic N) is 3. The average molecular weight is 268 g/mol. The average Bonchev–Trinajstić information content (AvgIpc) is 2.90. The number of hydrogen-bond acceptors (Lipinski definition) is 4. The lowest BCUT2D eigenvalue weighted by atomic mass is 10.2. The van der Waals surface area contributed by atoms with Crippen molar-refractivity contribution in [2.75, 3.05) is 12.4 Å². The molecule has 1 aromatic carbocycles. The van der Waals surface area contributed by atoms with Gasteiger partial charge in [0.2, 0.25) is 0 Å². The Kier molecular flexibility index (Phi) is 3.25. The predicted molar refractivity (Wildman–Crippen MR) is 78.8 cm³/mol. The molecule has 5 heteroatoms. The molecule has 0 aliphatic carbocycles. The molecule has 0 saturated carbocycles. The molecule has 0 spiro atoms. The molecule has 5 nitrogen and oxygen atoms in total. The molecule has 0 amide bonds. The van der Waals surface area contributed by atoms with Crippen LogP contribution in [0.2, 0.25) is 0 Å². The van der Waals surface area contributed by atoms with Gasteiger partial charge >= 0.3 is 0 Å². The van der Waals surface area contributed by atoms with Crippen molar-refractivity contribution in [1.29, 1.82) is 0 Å². The third kappa shape index (κ3) is 2.56. The monoisotopic (exact) mass is 268 g/mol. The van der Waals surface area contributed by atoms with Crippen LogP contribution < -0.4 is 10.1 Å². The molecule has 1 N–H and O–H groups in total. The molecule has 0 unspecified atom stereocenters. The van der Waals surface area contributed by atoms with Gasteiger partial charge in [0.15, 0.2) is 0 Å². The molecule has 3 aromatic rings. The minimum absolute atomic E-state index is 0.711. The van der Waals surface area contributed by atoms with Gasteiger partial charge in [0.05, 0.1) is 18.8 Å². The molecule has 2 heterocycles. The lowest BCUT2D eigenvalue weighted by Gasteiger charge is -2.06. The number of rotatable bonds is 4. The van der Waals surface area contributed by atoms with Gasteiger partial charge in [-0.3, -0.25) is 4.68 Å². The van der Waals surface area contributed by atoms with Crippen LogP contribution in [0.15, 0.2) is 42.7 Å². The number of anilines is 1. The Balaban J connectivity index is 1.78. The topological polar surface area (TPSA) is 52.0 Å². The second kappa shape index (κ2) is 5.21. The van der Waals surface area contributed by atoms with E-state index < -0.39 is 0 Å². The minimum atomic E-state index is 0.711. The molecule has 2 aromatic heterocycles. The van der Waals surface area contributed by atoms with Crippen LogP contribution >= 0.6 is 0 Å². The highest BCUT2D eigenvalue weighted by Gasteiger charge is 2.01. The van der Waals surface area contributed by atoms with Crippen LogP contribution in [0, 0.1) is 0 Å². The quantitative estimate of drug-likeness (QED) is 0.790. The predicted octanol–water partition coefficient (Wildman–Crippen LogP) is 2.59. The second-order valence-corrected chi connectivity index (χ2v) is 4.63. The summed E-state index contributed by atoms with van der Waals surface area (Å²) in [5, 5.41) is 8.51. The van der Waals surface area contributed by atoms with Crippen molar-refractivity contribution < 1.29 is 4.74 Å². The molecule has 0 radical (unpaired) electrons. The van der Waals surface area contributed by atoms with Gasteiger partial charge in [-0.25, -0.2) is 4.98 Å². The maximum atomic E-state index is 5.21. The number of nitrogens with one attached hydrogen (secondary N) is 1. The lowest BCUT2D eigenvalue weighted by Crippen LogP contribution is -2.00. The van der Waals surface area contributed by atoms with E-state index in [1.54, 1.807) is 11.8 Å². The molecule has 0 bridgehead atoms. The maximum Gasteiger partial charge on any atom is 0.126 e. The normalized spacial score (nSPS) is 10.7. The van der Waals surface area contributed by atoms with Crippen LogP contribution in [-0.2, 0) is 13.6 Å². The first-order valence-corrected chi connectivity index (χ1v) is 6.41. The number of fused-ring (bicyclic) bond motifs is 1. The molecular formula is C15H16N4O. The first-order valence-electron chi connectivity index (χ1n) is 6.41. The number of methoxy groups -OCH3 is 1. The van der Waals surface area contributed by atoms with Crippen molar-refractivity contribution in [1.82, 2.24) is 14.8 Å². The Hall–Kier alpha value is -2.56. The fourth-order valence-electron chi connectivity index (χ4n) is 2.08.